The normalized spacial score (nSPS) is 10.9. The molecule has 20 heavy (non-hydrogen) atoms. The zero-order chi connectivity index (χ0) is 14.3. The number of nitrogens with one attached hydrogen (secondary N) is 1. The number of hydrogen-bond donors (Lipinski definition) is 1. The van der Waals surface area contributed by atoms with E-state index in [0.717, 1.165) is 10.9 Å². The summed E-state index contributed by atoms with van der Waals surface area (Å²) in [6.07, 6.45) is 1.65. The Hall–Kier alpha value is -1.48. The standard InChI is InChI=1S/C15H8Cl3NO/c16-8-4-5-9-11(7-19-13(9)6-8)15(20)10-2-1-3-12(17)14(10)18/h1-7,19H. The lowest BCUT2D eigenvalue weighted by Gasteiger charge is -2.04. The maximum atomic E-state index is 12.6. The summed E-state index contributed by atoms with van der Waals surface area (Å²) < 4.78 is 0. The van der Waals surface area contributed by atoms with Crippen molar-refractivity contribution in [2.75, 3.05) is 0 Å². The number of rotatable bonds is 2. The van der Waals surface area contributed by atoms with Crippen molar-refractivity contribution < 1.29 is 4.79 Å². The fourth-order valence-electron chi connectivity index (χ4n) is 2.11. The largest absolute Gasteiger partial charge is 0.360 e. The van der Waals surface area contributed by atoms with Crippen molar-refractivity contribution in [3.63, 3.8) is 0 Å². The summed E-state index contributed by atoms with van der Waals surface area (Å²) >= 11 is 18.0. The Morgan fingerprint density at radius 1 is 1.00 bits per heavy atom. The van der Waals surface area contributed by atoms with E-state index in [9.17, 15) is 4.79 Å². The van der Waals surface area contributed by atoms with Crippen LogP contribution in [0.5, 0.6) is 0 Å². The molecule has 0 aliphatic carbocycles. The molecule has 2 nitrogen and oxygen atoms in total. The Labute approximate surface area is 130 Å². The molecule has 2 aromatic carbocycles. The lowest BCUT2D eigenvalue weighted by atomic mass is 10.0. The number of halogens is 3. The molecule has 0 aliphatic rings. The van der Waals surface area contributed by atoms with Gasteiger partial charge in [-0.05, 0) is 24.3 Å². The monoisotopic (exact) mass is 323 g/mol. The van der Waals surface area contributed by atoms with Gasteiger partial charge < -0.3 is 4.98 Å². The Morgan fingerprint density at radius 3 is 2.60 bits per heavy atom. The van der Waals surface area contributed by atoms with Crippen LogP contribution in [0.4, 0.5) is 0 Å². The number of carbonyl (C=O) groups is 1. The van der Waals surface area contributed by atoms with Gasteiger partial charge in [0.05, 0.1) is 10.0 Å². The summed E-state index contributed by atoms with van der Waals surface area (Å²) in [4.78, 5) is 15.6. The fraction of sp³-hybridized carbons (Fsp3) is 0. The number of H-pyrrole nitrogens is 1. The second-order valence-electron chi connectivity index (χ2n) is 4.32. The molecule has 0 unspecified atom stereocenters. The first-order valence-electron chi connectivity index (χ1n) is 5.83. The van der Waals surface area contributed by atoms with Gasteiger partial charge in [0.2, 0.25) is 0 Å². The van der Waals surface area contributed by atoms with E-state index in [1.165, 1.54) is 0 Å². The minimum atomic E-state index is -0.175. The van der Waals surface area contributed by atoms with Crippen LogP contribution in [0.2, 0.25) is 15.1 Å². The summed E-state index contributed by atoms with van der Waals surface area (Å²) in [6, 6.07) is 10.3. The van der Waals surface area contributed by atoms with Gasteiger partial charge in [-0.1, -0.05) is 46.9 Å². The molecule has 1 heterocycles. The van der Waals surface area contributed by atoms with Crippen LogP contribution in [-0.2, 0) is 0 Å². The lowest BCUT2D eigenvalue weighted by Crippen LogP contribution is -2.01. The first-order chi connectivity index (χ1) is 9.58. The third kappa shape index (κ3) is 2.20. The molecular weight excluding hydrogens is 317 g/mol. The molecule has 0 aliphatic heterocycles. The van der Waals surface area contributed by atoms with Crippen LogP contribution < -0.4 is 0 Å². The molecule has 0 fully saturated rings. The zero-order valence-electron chi connectivity index (χ0n) is 10.1. The number of aromatic amines is 1. The third-order valence-electron chi connectivity index (χ3n) is 3.08. The third-order valence-corrected chi connectivity index (χ3v) is 4.14. The van der Waals surface area contributed by atoms with Crippen LogP contribution in [0.1, 0.15) is 15.9 Å². The Balaban J connectivity index is 2.16. The van der Waals surface area contributed by atoms with Gasteiger partial charge in [-0.2, -0.15) is 0 Å². The number of ketones is 1. The number of hydrogen-bond acceptors (Lipinski definition) is 1. The molecule has 3 rings (SSSR count). The molecule has 100 valence electrons. The van der Waals surface area contributed by atoms with Crippen LogP contribution in [0.3, 0.4) is 0 Å². The fourth-order valence-corrected chi connectivity index (χ4v) is 2.67. The minimum Gasteiger partial charge on any atom is -0.360 e. The van der Waals surface area contributed by atoms with E-state index >= 15 is 0 Å². The van der Waals surface area contributed by atoms with Gasteiger partial charge in [0.1, 0.15) is 0 Å². The van der Waals surface area contributed by atoms with Gasteiger partial charge in [-0.15, -0.1) is 0 Å². The maximum Gasteiger partial charge on any atom is 0.196 e. The van der Waals surface area contributed by atoms with Gasteiger partial charge in [-0.3, -0.25) is 4.79 Å². The van der Waals surface area contributed by atoms with Crippen molar-refractivity contribution in [1.29, 1.82) is 0 Å². The average molecular weight is 325 g/mol. The molecule has 1 N–H and O–H groups in total. The van der Waals surface area contributed by atoms with Crippen molar-refractivity contribution in [2.24, 2.45) is 0 Å². The van der Waals surface area contributed by atoms with Crippen LogP contribution in [-0.4, -0.2) is 10.8 Å². The second-order valence-corrected chi connectivity index (χ2v) is 5.54. The second kappa shape index (κ2) is 5.13. The highest BCUT2D eigenvalue weighted by molar-refractivity contribution is 6.44. The average Bonchev–Trinajstić information content (AvgIpc) is 2.84. The van der Waals surface area contributed by atoms with Crippen molar-refractivity contribution in [3.05, 3.63) is 68.8 Å². The van der Waals surface area contributed by atoms with Crippen LogP contribution in [0.15, 0.2) is 42.6 Å². The molecule has 0 radical (unpaired) electrons. The summed E-state index contributed by atoms with van der Waals surface area (Å²) in [5, 5.41) is 2.04. The Kier molecular flexibility index (Phi) is 3.47. The van der Waals surface area contributed by atoms with Gasteiger partial charge in [-0.25, -0.2) is 0 Å². The van der Waals surface area contributed by atoms with Gasteiger partial charge in [0.25, 0.3) is 0 Å². The van der Waals surface area contributed by atoms with Crippen LogP contribution in [0, 0.1) is 0 Å². The van der Waals surface area contributed by atoms with Gasteiger partial charge >= 0.3 is 0 Å². The number of fused-ring (bicyclic) bond motifs is 1. The molecule has 0 saturated carbocycles. The van der Waals surface area contributed by atoms with Crippen molar-refractivity contribution in [1.82, 2.24) is 4.98 Å². The first kappa shape index (κ1) is 13.5. The van der Waals surface area contributed by atoms with E-state index in [-0.39, 0.29) is 10.8 Å². The van der Waals surface area contributed by atoms with E-state index in [1.54, 1.807) is 42.6 Å². The molecule has 0 bridgehead atoms. The van der Waals surface area contributed by atoms with Crippen molar-refractivity contribution in [3.8, 4) is 0 Å². The summed E-state index contributed by atoms with van der Waals surface area (Å²) in [6.45, 7) is 0. The lowest BCUT2D eigenvalue weighted by molar-refractivity contribution is 0.104. The molecule has 5 heteroatoms. The van der Waals surface area contributed by atoms with E-state index in [2.05, 4.69) is 4.98 Å². The Morgan fingerprint density at radius 2 is 1.80 bits per heavy atom. The smallest absolute Gasteiger partial charge is 0.196 e. The minimum absolute atomic E-state index is 0.175. The molecule has 0 atom stereocenters. The maximum absolute atomic E-state index is 12.6. The van der Waals surface area contributed by atoms with Gasteiger partial charge in [0.15, 0.2) is 5.78 Å². The summed E-state index contributed by atoms with van der Waals surface area (Å²) in [5.41, 5.74) is 1.73. The van der Waals surface area contributed by atoms with Crippen LogP contribution in [0.25, 0.3) is 10.9 Å². The van der Waals surface area contributed by atoms with Gasteiger partial charge in [0, 0.05) is 33.2 Å². The van der Waals surface area contributed by atoms with E-state index < -0.39 is 0 Å². The predicted octanol–water partition coefficient (Wildman–Crippen LogP) is 5.36. The molecule has 0 amide bonds. The molecule has 3 aromatic rings. The van der Waals surface area contributed by atoms with E-state index in [1.807, 2.05) is 0 Å². The van der Waals surface area contributed by atoms with E-state index in [0.29, 0.717) is 21.2 Å². The molecule has 0 spiro atoms. The van der Waals surface area contributed by atoms with E-state index in [4.69, 9.17) is 34.8 Å². The zero-order valence-corrected chi connectivity index (χ0v) is 12.4. The SMILES string of the molecule is O=C(c1cccc(Cl)c1Cl)c1c[nH]c2cc(Cl)ccc12. The molecule has 0 saturated heterocycles. The topological polar surface area (TPSA) is 32.9 Å². The number of carbonyl (C=O) groups excluding carboxylic acids is 1. The van der Waals surface area contributed by atoms with Crippen molar-refractivity contribution in [2.45, 2.75) is 0 Å². The van der Waals surface area contributed by atoms with Crippen LogP contribution >= 0.6 is 34.8 Å². The summed E-state index contributed by atoms with van der Waals surface area (Å²) in [7, 11) is 0. The van der Waals surface area contributed by atoms with Crippen molar-refractivity contribution >= 4 is 51.5 Å². The Bertz CT molecular complexity index is 823. The molecule has 1 aromatic heterocycles. The summed E-state index contributed by atoms with van der Waals surface area (Å²) in [5.74, 6) is -0.175. The molecular formula is C15H8Cl3NO. The number of aromatic nitrogens is 1. The highest BCUT2D eigenvalue weighted by Gasteiger charge is 2.18. The first-order valence-corrected chi connectivity index (χ1v) is 6.96. The highest BCUT2D eigenvalue weighted by Crippen LogP contribution is 2.30. The quantitative estimate of drug-likeness (QED) is 0.632. The number of benzene rings is 2. The highest BCUT2D eigenvalue weighted by atomic mass is 35.5. The predicted molar refractivity (Wildman–Crippen MR) is 83.2 cm³/mol.